The summed E-state index contributed by atoms with van der Waals surface area (Å²) < 4.78 is 65.7. The lowest BCUT2D eigenvalue weighted by molar-refractivity contribution is -0.275. The summed E-state index contributed by atoms with van der Waals surface area (Å²) in [6.07, 6.45) is -3.66. The Morgan fingerprint density at radius 3 is 2.50 bits per heavy atom. The lowest BCUT2D eigenvalue weighted by Crippen LogP contribution is -2.22. The largest absolute Gasteiger partial charge is 0.573 e. The van der Waals surface area contributed by atoms with Crippen molar-refractivity contribution in [3.8, 4) is 5.75 Å². The van der Waals surface area contributed by atoms with Crippen molar-refractivity contribution in [2.75, 3.05) is 6.67 Å². The molecular weight excluding hydrogens is 281 g/mol. The van der Waals surface area contributed by atoms with E-state index in [1.165, 1.54) is 13.0 Å². The lowest BCUT2D eigenvalue weighted by Gasteiger charge is -2.13. The third-order valence-electron chi connectivity index (χ3n) is 2.75. The highest BCUT2D eigenvalue weighted by Gasteiger charge is 2.32. The van der Waals surface area contributed by atoms with E-state index in [0.29, 0.717) is 24.8 Å². The number of rotatable bonds is 6. The lowest BCUT2D eigenvalue weighted by atomic mass is 10.0. The van der Waals surface area contributed by atoms with E-state index < -0.39 is 30.6 Å². The second-order valence-corrected chi connectivity index (χ2v) is 4.58. The molecule has 0 fully saturated rings. The molecule has 0 saturated heterocycles. The molecule has 2 N–H and O–H groups in total. The van der Waals surface area contributed by atoms with Gasteiger partial charge in [0, 0.05) is 6.04 Å². The molecule has 0 amide bonds. The van der Waals surface area contributed by atoms with Crippen molar-refractivity contribution in [1.29, 1.82) is 0 Å². The Kier molecular flexibility index (Phi) is 5.74. The average Bonchev–Trinajstić information content (AvgIpc) is 2.33. The van der Waals surface area contributed by atoms with E-state index in [1.807, 2.05) is 0 Å². The van der Waals surface area contributed by atoms with Gasteiger partial charge in [0.1, 0.15) is 6.67 Å². The molecule has 1 unspecified atom stereocenters. The summed E-state index contributed by atoms with van der Waals surface area (Å²) in [4.78, 5) is 0. The van der Waals surface area contributed by atoms with Crippen molar-refractivity contribution in [3.63, 3.8) is 0 Å². The first-order chi connectivity index (χ1) is 9.23. The maximum absolute atomic E-state index is 13.5. The van der Waals surface area contributed by atoms with Crippen molar-refractivity contribution in [1.82, 2.24) is 0 Å². The van der Waals surface area contributed by atoms with E-state index in [9.17, 15) is 22.0 Å². The summed E-state index contributed by atoms with van der Waals surface area (Å²) >= 11 is 0. The summed E-state index contributed by atoms with van der Waals surface area (Å²) in [5, 5.41) is 0. The van der Waals surface area contributed by atoms with Crippen LogP contribution in [-0.2, 0) is 6.42 Å². The molecule has 0 bridgehead atoms. The number of alkyl halides is 4. The number of hydrogen-bond donors (Lipinski definition) is 1. The van der Waals surface area contributed by atoms with Crippen LogP contribution in [0.3, 0.4) is 0 Å². The van der Waals surface area contributed by atoms with Gasteiger partial charge in [0.15, 0.2) is 11.6 Å². The fraction of sp³-hybridized carbons (Fsp3) is 0.538. The van der Waals surface area contributed by atoms with Gasteiger partial charge in [-0.15, -0.1) is 13.2 Å². The predicted octanol–water partition coefficient (Wildman–Crippen LogP) is 3.65. The van der Waals surface area contributed by atoms with Crippen molar-refractivity contribution in [2.45, 2.75) is 38.6 Å². The number of aryl methyl sites for hydroxylation is 2. The number of ether oxygens (including phenoxy) is 1. The summed E-state index contributed by atoms with van der Waals surface area (Å²) in [5.74, 6) is -1.88. The van der Waals surface area contributed by atoms with Crippen LogP contribution in [0.4, 0.5) is 22.0 Å². The minimum Gasteiger partial charge on any atom is -0.403 e. The maximum Gasteiger partial charge on any atom is 0.573 e. The van der Waals surface area contributed by atoms with E-state index in [1.54, 1.807) is 0 Å². The molecule has 20 heavy (non-hydrogen) atoms. The van der Waals surface area contributed by atoms with Gasteiger partial charge in [0.05, 0.1) is 0 Å². The summed E-state index contributed by atoms with van der Waals surface area (Å²) in [6.45, 7) is 0.709. The number of nitrogens with two attached hydrogens (primary N) is 1. The minimum absolute atomic E-state index is 0.0662. The Morgan fingerprint density at radius 1 is 1.30 bits per heavy atom. The van der Waals surface area contributed by atoms with E-state index in [0.717, 1.165) is 6.07 Å². The molecule has 114 valence electrons. The van der Waals surface area contributed by atoms with Crippen LogP contribution in [0.15, 0.2) is 12.1 Å². The maximum atomic E-state index is 13.5. The van der Waals surface area contributed by atoms with Gasteiger partial charge in [-0.3, -0.25) is 0 Å². The van der Waals surface area contributed by atoms with E-state index in [4.69, 9.17) is 5.73 Å². The average molecular weight is 297 g/mol. The molecule has 7 heteroatoms. The summed E-state index contributed by atoms with van der Waals surface area (Å²) in [5.41, 5.74) is 5.96. The molecule has 0 aliphatic rings. The van der Waals surface area contributed by atoms with Crippen LogP contribution in [0, 0.1) is 12.7 Å². The zero-order valence-electron chi connectivity index (χ0n) is 10.9. The molecular formula is C13H16F5NO. The van der Waals surface area contributed by atoms with Crippen LogP contribution in [0.5, 0.6) is 5.75 Å². The Morgan fingerprint density at radius 2 is 1.95 bits per heavy atom. The van der Waals surface area contributed by atoms with Gasteiger partial charge >= 0.3 is 6.36 Å². The van der Waals surface area contributed by atoms with Gasteiger partial charge in [-0.25, -0.2) is 8.78 Å². The molecule has 0 radical (unpaired) electrons. The normalized spacial score (nSPS) is 13.3. The minimum atomic E-state index is -4.94. The Hall–Kier alpha value is -1.37. The van der Waals surface area contributed by atoms with Crippen LogP contribution < -0.4 is 10.5 Å². The Bertz CT molecular complexity index is 447. The first kappa shape index (κ1) is 16.7. The Balaban J connectivity index is 2.78. The van der Waals surface area contributed by atoms with Gasteiger partial charge in [0.2, 0.25) is 0 Å². The third-order valence-corrected chi connectivity index (χ3v) is 2.75. The van der Waals surface area contributed by atoms with Crippen molar-refractivity contribution >= 4 is 0 Å². The fourth-order valence-electron chi connectivity index (χ4n) is 1.80. The molecule has 1 rings (SSSR count). The number of benzene rings is 1. The van der Waals surface area contributed by atoms with Gasteiger partial charge < -0.3 is 10.5 Å². The van der Waals surface area contributed by atoms with Crippen LogP contribution in [0.1, 0.15) is 24.0 Å². The summed E-state index contributed by atoms with van der Waals surface area (Å²) in [7, 11) is 0. The topological polar surface area (TPSA) is 35.2 Å². The molecule has 0 aromatic heterocycles. The molecule has 0 saturated carbocycles. The van der Waals surface area contributed by atoms with Crippen LogP contribution >= 0.6 is 0 Å². The van der Waals surface area contributed by atoms with E-state index in [-0.39, 0.29) is 5.56 Å². The molecule has 0 heterocycles. The van der Waals surface area contributed by atoms with Gasteiger partial charge in [-0.05, 0) is 43.4 Å². The first-order valence-corrected chi connectivity index (χ1v) is 6.09. The first-order valence-electron chi connectivity index (χ1n) is 6.09. The molecule has 2 nitrogen and oxygen atoms in total. The second kappa shape index (κ2) is 6.88. The summed E-state index contributed by atoms with van der Waals surface area (Å²) in [6, 6.07) is 1.87. The molecule has 0 aliphatic heterocycles. The quantitative estimate of drug-likeness (QED) is 0.813. The van der Waals surface area contributed by atoms with Crippen LogP contribution in [0.2, 0.25) is 0 Å². The zero-order chi connectivity index (χ0) is 15.3. The monoisotopic (exact) mass is 297 g/mol. The highest BCUT2D eigenvalue weighted by molar-refractivity contribution is 5.36. The van der Waals surface area contributed by atoms with Gasteiger partial charge in [-0.2, -0.15) is 0 Å². The molecule has 1 atom stereocenters. The Labute approximate surface area is 113 Å². The standard InChI is InChI=1S/C13H16F5NO/c1-8-5-9(3-2-4-10(19)7-14)6-11(12(8)15)20-13(16,17)18/h5-6,10H,2-4,7,19H2,1H3. The van der Waals surface area contributed by atoms with Crippen molar-refractivity contribution in [2.24, 2.45) is 5.73 Å². The molecule has 1 aromatic rings. The SMILES string of the molecule is Cc1cc(CCCC(N)CF)cc(OC(F)(F)F)c1F. The number of halogens is 5. The van der Waals surface area contributed by atoms with Crippen LogP contribution in [0.25, 0.3) is 0 Å². The highest BCUT2D eigenvalue weighted by Crippen LogP contribution is 2.29. The fourth-order valence-corrected chi connectivity index (χ4v) is 1.80. The highest BCUT2D eigenvalue weighted by atomic mass is 19.4. The van der Waals surface area contributed by atoms with Gasteiger partial charge in [0.25, 0.3) is 0 Å². The smallest absolute Gasteiger partial charge is 0.403 e. The van der Waals surface area contributed by atoms with Crippen molar-refractivity contribution in [3.05, 3.63) is 29.1 Å². The van der Waals surface area contributed by atoms with E-state index >= 15 is 0 Å². The predicted molar refractivity (Wildman–Crippen MR) is 64.7 cm³/mol. The van der Waals surface area contributed by atoms with Gasteiger partial charge in [-0.1, -0.05) is 6.07 Å². The molecule has 0 aliphatic carbocycles. The van der Waals surface area contributed by atoms with Crippen LogP contribution in [-0.4, -0.2) is 19.1 Å². The van der Waals surface area contributed by atoms with Crippen molar-refractivity contribution < 1.29 is 26.7 Å². The third kappa shape index (κ3) is 5.32. The molecule has 0 spiro atoms. The molecule has 1 aromatic carbocycles. The van der Waals surface area contributed by atoms with E-state index in [2.05, 4.69) is 4.74 Å². The second-order valence-electron chi connectivity index (χ2n) is 4.58. The number of hydrogen-bond acceptors (Lipinski definition) is 2. The zero-order valence-corrected chi connectivity index (χ0v) is 10.9.